The zero-order valence-corrected chi connectivity index (χ0v) is 11.7. The molecule has 4 fully saturated rings. The van der Waals surface area contributed by atoms with E-state index in [1.54, 1.807) is 4.90 Å². The molecule has 4 aliphatic rings. The first-order chi connectivity index (χ1) is 8.97. The van der Waals surface area contributed by atoms with E-state index in [2.05, 4.69) is 0 Å². The van der Waals surface area contributed by atoms with E-state index < -0.39 is 11.9 Å². The normalized spacial score (nSPS) is 41.1. The van der Waals surface area contributed by atoms with Crippen LogP contribution in [-0.2, 0) is 9.59 Å². The number of carbonyl (C=O) groups is 2. The van der Waals surface area contributed by atoms with E-state index in [0.717, 1.165) is 11.8 Å². The number of amides is 1. The first kappa shape index (κ1) is 12.9. The lowest BCUT2D eigenvalue weighted by molar-refractivity contribution is -0.155. The van der Waals surface area contributed by atoms with Crippen molar-refractivity contribution in [2.24, 2.45) is 29.6 Å². The molecule has 0 aromatic rings. The van der Waals surface area contributed by atoms with Gasteiger partial charge in [0, 0.05) is 13.1 Å². The van der Waals surface area contributed by atoms with Crippen molar-refractivity contribution in [2.45, 2.75) is 45.1 Å². The molecule has 4 heteroatoms. The predicted octanol–water partition coefficient (Wildman–Crippen LogP) is 1.99. The quantitative estimate of drug-likeness (QED) is 0.794. The Balaban J connectivity index is 1.75. The van der Waals surface area contributed by atoms with Crippen LogP contribution in [0.3, 0.4) is 0 Å². The standard InChI is InChI=1S/C15H23NO3/c1-8(15(18)19)14(17)16(2)13-11-4-9-3-10(6-11)7-12(13)5-9/h8-13H,3-7H2,1-2H3,(H,18,19). The van der Waals surface area contributed by atoms with Crippen molar-refractivity contribution in [3.8, 4) is 0 Å². The third kappa shape index (κ3) is 2.05. The van der Waals surface area contributed by atoms with Gasteiger partial charge >= 0.3 is 5.97 Å². The molecule has 1 amide bonds. The second-order valence-corrected chi connectivity index (χ2v) is 6.93. The van der Waals surface area contributed by atoms with E-state index in [0.29, 0.717) is 17.9 Å². The summed E-state index contributed by atoms with van der Waals surface area (Å²) in [6.07, 6.45) is 6.38. The summed E-state index contributed by atoms with van der Waals surface area (Å²) in [5.41, 5.74) is 0. The van der Waals surface area contributed by atoms with Crippen LogP contribution >= 0.6 is 0 Å². The molecule has 106 valence electrons. The topological polar surface area (TPSA) is 57.6 Å². The Hall–Kier alpha value is -1.06. The SMILES string of the molecule is CC(C(=O)O)C(=O)N(C)C1C2CC3CC(C2)CC1C3. The van der Waals surface area contributed by atoms with Crippen LogP contribution in [0.2, 0.25) is 0 Å². The molecule has 4 rings (SSSR count). The minimum Gasteiger partial charge on any atom is -0.481 e. The number of hydrogen-bond acceptors (Lipinski definition) is 2. The number of aliphatic carboxylic acids is 1. The first-order valence-electron chi connectivity index (χ1n) is 7.46. The minimum atomic E-state index is -1.01. The maximum absolute atomic E-state index is 12.3. The maximum atomic E-state index is 12.3. The Morgan fingerprint density at radius 1 is 1.05 bits per heavy atom. The summed E-state index contributed by atoms with van der Waals surface area (Å²) in [5.74, 6) is 0.837. The molecule has 1 unspecified atom stereocenters. The molecule has 0 aliphatic heterocycles. The second kappa shape index (κ2) is 4.50. The van der Waals surface area contributed by atoms with Gasteiger partial charge in [-0.05, 0) is 62.7 Å². The third-order valence-electron chi connectivity index (χ3n) is 5.71. The van der Waals surface area contributed by atoms with Gasteiger partial charge in [0.1, 0.15) is 5.92 Å². The highest BCUT2D eigenvalue weighted by molar-refractivity contribution is 5.96. The van der Waals surface area contributed by atoms with Gasteiger partial charge in [-0.2, -0.15) is 0 Å². The van der Waals surface area contributed by atoms with Crippen LogP contribution in [-0.4, -0.2) is 35.0 Å². The third-order valence-corrected chi connectivity index (χ3v) is 5.71. The molecule has 0 aromatic heterocycles. The number of carbonyl (C=O) groups excluding carboxylic acids is 1. The van der Waals surface area contributed by atoms with Gasteiger partial charge in [0.15, 0.2) is 0 Å². The van der Waals surface area contributed by atoms with Gasteiger partial charge in [-0.3, -0.25) is 9.59 Å². The average Bonchev–Trinajstić information content (AvgIpc) is 2.35. The van der Waals surface area contributed by atoms with Crippen molar-refractivity contribution in [3.05, 3.63) is 0 Å². The molecule has 0 radical (unpaired) electrons. The van der Waals surface area contributed by atoms with Crippen molar-refractivity contribution in [2.75, 3.05) is 7.05 Å². The zero-order chi connectivity index (χ0) is 13.7. The van der Waals surface area contributed by atoms with Gasteiger partial charge in [-0.25, -0.2) is 0 Å². The highest BCUT2D eigenvalue weighted by Gasteiger charge is 2.50. The van der Waals surface area contributed by atoms with Crippen LogP contribution in [0.1, 0.15) is 39.0 Å². The van der Waals surface area contributed by atoms with Gasteiger partial charge < -0.3 is 10.0 Å². The average molecular weight is 265 g/mol. The first-order valence-corrected chi connectivity index (χ1v) is 7.46. The molecule has 4 bridgehead atoms. The molecule has 19 heavy (non-hydrogen) atoms. The molecule has 0 heterocycles. The molecule has 4 nitrogen and oxygen atoms in total. The van der Waals surface area contributed by atoms with Crippen molar-refractivity contribution in [1.29, 1.82) is 0 Å². The molecule has 0 saturated heterocycles. The van der Waals surface area contributed by atoms with Crippen molar-refractivity contribution < 1.29 is 14.7 Å². The van der Waals surface area contributed by atoms with Crippen LogP contribution < -0.4 is 0 Å². The van der Waals surface area contributed by atoms with Crippen LogP contribution in [0.5, 0.6) is 0 Å². The molecule has 4 saturated carbocycles. The van der Waals surface area contributed by atoms with Crippen molar-refractivity contribution in [3.63, 3.8) is 0 Å². The molecular weight excluding hydrogens is 242 g/mol. The highest BCUT2D eigenvalue weighted by atomic mass is 16.4. The predicted molar refractivity (Wildman–Crippen MR) is 70.4 cm³/mol. The Bertz CT molecular complexity index is 378. The van der Waals surface area contributed by atoms with Crippen LogP contribution in [0.25, 0.3) is 0 Å². The van der Waals surface area contributed by atoms with Crippen molar-refractivity contribution >= 4 is 11.9 Å². The van der Waals surface area contributed by atoms with Crippen molar-refractivity contribution in [1.82, 2.24) is 4.90 Å². The summed E-state index contributed by atoms with van der Waals surface area (Å²) in [5, 5.41) is 9.00. The van der Waals surface area contributed by atoms with Crippen LogP contribution in [0.15, 0.2) is 0 Å². The highest BCUT2D eigenvalue weighted by Crippen LogP contribution is 2.55. The fraction of sp³-hybridized carbons (Fsp3) is 0.867. The van der Waals surface area contributed by atoms with E-state index in [1.165, 1.54) is 39.0 Å². The van der Waals surface area contributed by atoms with Crippen LogP contribution in [0.4, 0.5) is 0 Å². The molecule has 1 atom stereocenters. The molecular formula is C15H23NO3. The fourth-order valence-electron chi connectivity index (χ4n) is 5.09. The molecule has 1 N–H and O–H groups in total. The second-order valence-electron chi connectivity index (χ2n) is 6.93. The lowest BCUT2D eigenvalue weighted by atomic mass is 9.54. The number of carboxylic acid groups (broad SMARTS) is 1. The summed E-state index contributed by atoms with van der Waals surface area (Å²) in [7, 11) is 1.81. The Labute approximate surface area is 114 Å². The number of rotatable bonds is 3. The van der Waals surface area contributed by atoms with E-state index >= 15 is 0 Å². The number of hydrogen-bond donors (Lipinski definition) is 1. The fourth-order valence-corrected chi connectivity index (χ4v) is 5.09. The Morgan fingerprint density at radius 2 is 1.53 bits per heavy atom. The summed E-state index contributed by atoms with van der Waals surface area (Å²) in [6.45, 7) is 1.50. The van der Waals surface area contributed by atoms with Gasteiger partial charge in [0.25, 0.3) is 0 Å². The summed E-state index contributed by atoms with van der Waals surface area (Å²) in [4.78, 5) is 25.0. The lowest BCUT2D eigenvalue weighted by Crippen LogP contribution is -2.57. The minimum absolute atomic E-state index is 0.218. The lowest BCUT2D eigenvalue weighted by Gasteiger charge is -2.56. The van der Waals surface area contributed by atoms with Crippen LogP contribution in [0, 0.1) is 29.6 Å². The largest absolute Gasteiger partial charge is 0.481 e. The van der Waals surface area contributed by atoms with Gasteiger partial charge in [-0.1, -0.05) is 0 Å². The van der Waals surface area contributed by atoms with E-state index in [9.17, 15) is 9.59 Å². The van der Waals surface area contributed by atoms with Gasteiger partial charge in [0.2, 0.25) is 5.91 Å². The molecule has 0 aromatic carbocycles. The Morgan fingerprint density at radius 3 is 1.95 bits per heavy atom. The van der Waals surface area contributed by atoms with Gasteiger partial charge in [-0.15, -0.1) is 0 Å². The monoisotopic (exact) mass is 265 g/mol. The summed E-state index contributed by atoms with van der Waals surface area (Å²) in [6, 6.07) is 0.294. The van der Waals surface area contributed by atoms with E-state index in [1.807, 2.05) is 7.05 Å². The summed E-state index contributed by atoms with van der Waals surface area (Å²) < 4.78 is 0. The Kier molecular flexibility index (Phi) is 3.06. The zero-order valence-electron chi connectivity index (χ0n) is 11.7. The maximum Gasteiger partial charge on any atom is 0.315 e. The summed E-state index contributed by atoms with van der Waals surface area (Å²) >= 11 is 0. The molecule has 4 aliphatic carbocycles. The number of nitrogens with zero attached hydrogens (tertiary/aromatic N) is 1. The smallest absolute Gasteiger partial charge is 0.315 e. The van der Waals surface area contributed by atoms with E-state index in [-0.39, 0.29) is 5.91 Å². The number of carboxylic acids is 1. The van der Waals surface area contributed by atoms with Gasteiger partial charge in [0.05, 0.1) is 0 Å². The van der Waals surface area contributed by atoms with E-state index in [4.69, 9.17) is 5.11 Å². The molecule has 0 spiro atoms.